The molecule has 0 unspecified atom stereocenters. The van der Waals surface area contributed by atoms with Gasteiger partial charge in [0.05, 0.1) is 11.6 Å². The molecule has 0 radical (unpaired) electrons. The Kier molecular flexibility index (Phi) is 6.56. The van der Waals surface area contributed by atoms with Crippen LogP contribution in [0.2, 0.25) is 0 Å². The Bertz CT molecular complexity index is 421. The molecule has 0 aliphatic rings. The predicted molar refractivity (Wildman–Crippen MR) is 71.8 cm³/mol. The lowest BCUT2D eigenvalue weighted by Crippen LogP contribution is -2.22. The van der Waals surface area contributed by atoms with E-state index in [9.17, 15) is 4.79 Å². The molecular formula is C15H20N2O. The molecule has 0 bridgehead atoms. The topological polar surface area (TPSA) is 52.9 Å². The van der Waals surface area contributed by atoms with Gasteiger partial charge >= 0.3 is 0 Å². The molecule has 0 atom stereocenters. The highest BCUT2D eigenvalue weighted by Crippen LogP contribution is 2.07. The van der Waals surface area contributed by atoms with Gasteiger partial charge in [-0.2, -0.15) is 5.26 Å². The molecule has 1 aromatic rings. The second-order valence-corrected chi connectivity index (χ2v) is 4.36. The van der Waals surface area contributed by atoms with Crippen molar-refractivity contribution in [2.24, 2.45) is 0 Å². The summed E-state index contributed by atoms with van der Waals surface area (Å²) in [5, 5.41) is 11.8. The van der Waals surface area contributed by atoms with Crippen LogP contribution in [0.1, 0.15) is 50.2 Å². The zero-order valence-corrected chi connectivity index (χ0v) is 10.9. The molecule has 3 heteroatoms. The Labute approximate surface area is 109 Å². The average Bonchev–Trinajstić information content (AvgIpc) is 2.41. The summed E-state index contributed by atoms with van der Waals surface area (Å²) in [7, 11) is 0. The minimum absolute atomic E-state index is 0.0684. The molecule has 0 saturated carbocycles. The van der Waals surface area contributed by atoms with Crippen LogP contribution in [0.15, 0.2) is 24.3 Å². The molecule has 1 amide bonds. The van der Waals surface area contributed by atoms with Crippen LogP contribution >= 0.6 is 0 Å². The van der Waals surface area contributed by atoms with Crippen LogP contribution in [0.5, 0.6) is 0 Å². The number of amides is 1. The van der Waals surface area contributed by atoms with Gasteiger partial charge in [0.15, 0.2) is 0 Å². The summed E-state index contributed by atoms with van der Waals surface area (Å²) >= 11 is 0. The van der Waals surface area contributed by atoms with E-state index in [0.29, 0.717) is 18.5 Å². The Morgan fingerprint density at radius 3 is 2.78 bits per heavy atom. The number of carbonyl (C=O) groups is 1. The Balaban J connectivity index is 2.32. The Hall–Kier alpha value is -1.82. The minimum atomic E-state index is 0.0684. The Morgan fingerprint density at radius 1 is 1.28 bits per heavy atom. The summed E-state index contributed by atoms with van der Waals surface area (Å²) in [4.78, 5) is 11.6. The summed E-state index contributed by atoms with van der Waals surface area (Å²) in [6.45, 7) is 2.59. The molecule has 0 spiro atoms. The van der Waals surface area contributed by atoms with E-state index in [-0.39, 0.29) is 5.91 Å². The van der Waals surface area contributed by atoms with Crippen LogP contribution in [0.4, 0.5) is 0 Å². The number of unbranched alkanes of at least 4 members (excludes halogenated alkanes) is 3. The van der Waals surface area contributed by atoms with Crippen LogP contribution in [0, 0.1) is 11.3 Å². The lowest BCUT2D eigenvalue weighted by Gasteiger charge is -2.06. The van der Waals surface area contributed by atoms with Crippen LogP contribution in [0.3, 0.4) is 0 Å². The molecule has 3 nitrogen and oxygen atoms in total. The molecule has 1 rings (SSSR count). The number of hydrogen-bond acceptors (Lipinski definition) is 2. The van der Waals surface area contributed by atoms with Gasteiger partial charge in [-0.1, -0.05) is 44.4 Å². The van der Waals surface area contributed by atoms with E-state index in [1.54, 1.807) is 6.07 Å². The van der Waals surface area contributed by atoms with Gasteiger partial charge in [0, 0.05) is 13.0 Å². The lowest BCUT2D eigenvalue weighted by atomic mass is 10.1. The second kappa shape index (κ2) is 8.30. The number of nitrogens with one attached hydrogen (secondary N) is 1. The quantitative estimate of drug-likeness (QED) is 0.749. The normalized spacial score (nSPS) is 9.78. The number of nitriles is 1. The van der Waals surface area contributed by atoms with Crippen molar-refractivity contribution in [3.8, 4) is 6.07 Å². The molecule has 0 fully saturated rings. The van der Waals surface area contributed by atoms with Crippen molar-refractivity contribution >= 4 is 5.91 Å². The van der Waals surface area contributed by atoms with Crippen molar-refractivity contribution < 1.29 is 4.79 Å². The molecule has 18 heavy (non-hydrogen) atoms. The van der Waals surface area contributed by atoms with Gasteiger partial charge in [0.2, 0.25) is 5.91 Å². The molecular weight excluding hydrogens is 224 g/mol. The van der Waals surface area contributed by atoms with Gasteiger partial charge in [-0.3, -0.25) is 4.79 Å². The number of carbonyl (C=O) groups excluding carboxylic acids is 1. The van der Waals surface area contributed by atoms with E-state index in [2.05, 4.69) is 18.3 Å². The lowest BCUT2D eigenvalue weighted by molar-refractivity contribution is -0.121. The largest absolute Gasteiger partial charge is 0.352 e. The van der Waals surface area contributed by atoms with Crippen LogP contribution in [-0.2, 0) is 11.3 Å². The summed E-state index contributed by atoms with van der Waals surface area (Å²) in [6.07, 6.45) is 4.99. The highest BCUT2D eigenvalue weighted by atomic mass is 16.1. The van der Waals surface area contributed by atoms with E-state index in [1.165, 1.54) is 12.8 Å². The molecule has 1 N–H and O–H groups in total. The summed E-state index contributed by atoms with van der Waals surface area (Å²) in [5.41, 5.74) is 1.51. The molecule has 96 valence electrons. The molecule has 0 heterocycles. The molecule has 0 aliphatic carbocycles. The number of benzene rings is 1. The van der Waals surface area contributed by atoms with Crippen molar-refractivity contribution in [2.75, 3.05) is 0 Å². The van der Waals surface area contributed by atoms with Gasteiger partial charge in [-0.05, 0) is 18.1 Å². The summed E-state index contributed by atoms with van der Waals surface area (Å²) in [5.74, 6) is 0.0684. The first kappa shape index (κ1) is 14.2. The SMILES string of the molecule is CCCCCCC(=O)NCc1ccccc1C#N. The van der Waals surface area contributed by atoms with Crippen molar-refractivity contribution in [1.82, 2.24) is 5.32 Å². The molecule has 1 aromatic carbocycles. The van der Waals surface area contributed by atoms with Crippen molar-refractivity contribution in [2.45, 2.75) is 45.6 Å². The van der Waals surface area contributed by atoms with Crippen LogP contribution in [-0.4, -0.2) is 5.91 Å². The third-order valence-corrected chi connectivity index (χ3v) is 2.87. The zero-order chi connectivity index (χ0) is 13.2. The zero-order valence-electron chi connectivity index (χ0n) is 10.9. The van der Waals surface area contributed by atoms with Gasteiger partial charge in [-0.25, -0.2) is 0 Å². The van der Waals surface area contributed by atoms with Crippen molar-refractivity contribution in [1.29, 1.82) is 5.26 Å². The fourth-order valence-corrected chi connectivity index (χ4v) is 1.78. The fourth-order valence-electron chi connectivity index (χ4n) is 1.78. The maximum Gasteiger partial charge on any atom is 0.220 e. The van der Waals surface area contributed by atoms with E-state index >= 15 is 0 Å². The second-order valence-electron chi connectivity index (χ2n) is 4.36. The fraction of sp³-hybridized carbons (Fsp3) is 0.467. The summed E-state index contributed by atoms with van der Waals surface area (Å²) in [6, 6.07) is 9.47. The number of rotatable bonds is 7. The van der Waals surface area contributed by atoms with E-state index in [4.69, 9.17) is 5.26 Å². The maximum absolute atomic E-state index is 11.6. The standard InChI is InChI=1S/C15H20N2O/c1-2-3-4-5-10-15(18)17-12-14-9-7-6-8-13(14)11-16/h6-9H,2-5,10,12H2,1H3,(H,17,18). The molecule has 0 aliphatic heterocycles. The van der Waals surface area contributed by atoms with E-state index < -0.39 is 0 Å². The van der Waals surface area contributed by atoms with Crippen molar-refractivity contribution in [3.05, 3.63) is 35.4 Å². The van der Waals surface area contributed by atoms with Gasteiger partial charge < -0.3 is 5.32 Å². The van der Waals surface area contributed by atoms with E-state index in [1.807, 2.05) is 18.2 Å². The van der Waals surface area contributed by atoms with Crippen LogP contribution < -0.4 is 5.32 Å². The molecule has 0 saturated heterocycles. The molecule has 0 aromatic heterocycles. The number of nitrogens with zero attached hydrogens (tertiary/aromatic N) is 1. The van der Waals surface area contributed by atoms with Crippen molar-refractivity contribution in [3.63, 3.8) is 0 Å². The third kappa shape index (κ3) is 5.01. The first-order chi connectivity index (χ1) is 8.77. The first-order valence-electron chi connectivity index (χ1n) is 6.52. The van der Waals surface area contributed by atoms with E-state index in [0.717, 1.165) is 18.4 Å². The Morgan fingerprint density at radius 2 is 2.06 bits per heavy atom. The minimum Gasteiger partial charge on any atom is -0.352 e. The highest BCUT2D eigenvalue weighted by molar-refractivity contribution is 5.75. The predicted octanol–water partition coefficient (Wildman–Crippen LogP) is 3.14. The maximum atomic E-state index is 11.6. The smallest absolute Gasteiger partial charge is 0.220 e. The third-order valence-electron chi connectivity index (χ3n) is 2.87. The monoisotopic (exact) mass is 244 g/mol. The van der Waals surface area contributed by atoms with Gasteiger partial charge in [-0.15, -0.1) is 0 Å². The average molecular weight is 244 g/mol. The summed E-state index contributed by atoms with van der Waals surface area (Å²) < 4.78 is 0. The first-order valence-corrected chi connectivity index (χ1v) is 6.52. The van der Waals surface area contributed by atoms with Gasteiger partial charge in [0.1, 0.15) is 0 Å². The van der Waals surface area contributed by atoms with Crippen LogP contribution in [0.25, 0.3) is 0 Å². The number of hydrogen-bond donors (Lipinski definition) is 1. The highest BCUT2D eigenvalue weighted by Gasteiger charge is 2.04. The van der Waals surface area contributed by atoms with Gasteiger partial charge in [0.25, 0.3) is 0 Å².